The number of nitrogens with one attached hydrogen (secondary N) is 1. The molecule has 0 saturated carbocycles. The van der Waals surface area contributed by atoms with Gasteiger partial charge in [-0.15, -0.1) is 0 Å². The van der Waals surface area contributed by atoms with Crippen molar-refractivity contribution >= 4 is 17.7 Å². The molecule has 0 saturated heterocycles. The van der Waals surface area contributed by atoms with Crippen molar-refractivity contribution in [1.29, 1.82) is 0 Å². The summed E-state index contributed by atoms with van der Waals surface area (Å²) in [5, 5.41) is 2.61. The molecule has 1 amide bonds. The molecule has 0 aliphatic heterocycles. The van der Waals surface area contributed by atoms with Gasteiger partial charge in [0.05, 0.1) is 6.54 Å². The molecule has 0 bridgehead atoms. The van der Waals surface area contributed by atoms with E-state index >= 15 is 0 Å². The summed E-state index contributed by atoms with van der Waals surface area (Å²) in [6.45, 7) is -5.96. The highest BCUT2D eigenvalue weighted by molar-refractivity contribution is 6.02. The van der Waals surface area contributed by atoms with E-state index < -0.39 is 24.9 Å². The topological polar surface area (TPSA) is 69.6 Å². The average molecular weight is 462 g/mol. The standard InChI is InChI=1S/C23H18F4N2O4/c24-22(25)32-18-10-6-16(19(13-18)33-23(26)27)7-11-20(30)28-17-8-4-15(5-9-17)14-29-12-2-1-3-21(29)31/h1-13,22-23H,14H2,(H,28,30). The molecule has 1 N–H and O–H groups in total. The van der Waals surface area contributed by atoms with Crippen LogP contribution in [0.3, 0.4) is 0 Å². The van der Waals surface area contributed by atoms with Gasteiger partial charge in [-0.1, -0.05) is 18.2 Å². The Labute approximate surface area is 185 Å². The molecule has 1 aromatic heterocycles. The van der Waals surface area contributed by atoms with Crippen LogP contribution < -0.4 is 20.3 Å². The molecule has 10 heteroatoms. The fourth-order valence-electron chi connectivity index (χ4n) is 2.86. The van der Waals surface area contributed by atoms with Gasteiger partial charge in [-0.2, -0.15) is 17.6 Å². The number of ether oxygens (including phenoxy) is 2. The maximum absolute atomic E-state index is 12.6. The second-order valence-corrected chi connectivity index (χ2v) is 6.64. The first-order chi connectivity index (χ1) is 15.8. The highest BCUT2D eigenvalue weighted by atomic mass is 19.3. The zero-order valence-electron chi connectivity index (χ0n) is 17.0. The smallest absolute Gasteiger partial charge is 0.387 e. The zero-order valence-corrected chi connectivity index (χ0v) is 17.0. The lowest BCUT2D eigenvalue weighted by atomic mass is 10.1. The Morgan fingerprint density at radius 3 is 2.36 bits per heavy atom. The molecule has 0 spiro atoms. The molecule has 3 rings (SSSR count). The van der Waals surface area contributed by atoms with E-state index in [-0.39, 0.29) is 16.9 Å². The van der Waals surface area contributed by atoms with Crippen LogP contribution in [0.1, 0.15) is 11.1 Å². The van der Waals surface area contributed by atoms with Crippen molar-refractivity contribution in [3.8, 4) is 11.5 Å². The predicted octanol–water partition coefficient (Wildman–Crippen LogP) is 4.75. The van der Waals surface area contributed by atoms with Crippen LogP contribution in [0.5, 0.6) is 11.5 Å². The molecule has 0 fully saturated rings. The molecule has 0 aliphatic carbocycles. The number of amides is 1. The van der Waals surface area contributed by atoms with E-state index in [1.807, 2.05) is 0 Å². The monoisotopic (exact) mass is 462 g/mol. The van der Waals surface area contributed by atoms with Crippen LogP contribution in [-0.4, -0.2) is 23.7 Å². The van der Waals surface area contributed by atoms with Gasteiger partial charge in [0, 0.05) is 35.7 Å². The molecule has 0 unspecified atom stereocenters. The normalized spacial score (nSPS) is 11.2. The lowest BCUT2D eigenvalue weighted by Gasteiger charge is -2.11. The minimum atomic E-state index is -3.20. The zero-order chi connectivity index (χ0) is 23.8. The highest BCUT2D eigenvalue weighted by Crippen LogP contribution is 2.28. The third-order valence-corrected chi connectivity index (χ3v) is 4.31. The van der Waals surface area contributed by atoms with E-state index in [4.69, 9.17) is 0 Å². The number of hydrogen-bond donors (Lipinski definition) is 1. The molecule has 6 nitrogen and oxygen atoms in total. The lowest BCUT2D eigenvalue weighted by Crippen LogP contribution is -2.18. The van der Waals surface area contributed by atoms with Crippen LogP contribution in [0.4, 0.5) is 23.2 Å². The maximum atomic E-state index is 12.6. The number of benzene rings is 2. The van der Waals surface area contributed by atoms with Gasteiger partial charge in [0.2, 0.25) is 5.91 Å². The highest BCUT2D eigenvalue weighted by Gasteiger charge is 2.12. The summed E-state index contributed by atoms with van der Waals surface area (Å²) in [4.78, 5) is 24.0. The van der Waals surface area contributed by atoms with E-state index in [0.29, 0.717) is 12.2 Å². The Morgan fingerprint density at radius 1 is 0.970 bits per heavy atom. The molecule has 0 atom stereocenters. The Balaban J connectivity index is 1.65. The number of carbonyl (C=O) groups excluding carboxylic acids is 1. The van der Waals surface area contributed by atoms with Gasteiger partial charge in [0.15, 0.2) is 0 Å². The van der Waals surface area contributed by atoms with Crippen molar-refractivity contribution < 1.29 is 31.8 Å². The largest absolute Gasteiger partial charge is 0.435 e. The van der Waals surface area contributed by atoms with Crippen molar-refractivity contribution in [2.45, 2.75) is 19.8 Å². The second-order valence-electron chi connectivity index (χ2n) is 6.64. The van der Waals surface area contributed by atoms with Crippen LogP contribution >= 0.6 is 0 Å². The summed E-state index contributed by atoms with van der Waals surface area (Å²) in [6, 6.07) is 14.9. The fraction of sp³-hybridized carbons (Fsp3) is 0.130. The molecule has 0 radical (unpaired) electrons. The van der Waals surface area contributed by atoms with Crippen molar-refractivity contribution in [2.75, 3.05) is 5.32 Å². The number of halogens is 4. The van der Waals surface area contributed by atoms with Crippen LogP contribution in [0.2, 0.25) is 0 Å². The van der Waals surface area contributed by atoms with Gasteiger partial charge in [-0.3, -0.25) is 9.59 Å². The van der Waals surface area contributed by atoms with Crippen LogP contribution in [0.25, 0.3) is 6.08 Å². The van der Waals surface area contributed by atoms with Crippen molar-refractivity contribution in [2.24, 2.45) is 0 Å². The molecule has 1 heterocycles. The minimum Gasteiger partial charge on any atom is -0.435 e. The summed E-state index contributed by atoms with van der Waals surface area (Å²) >= 11 is 0. The van der Waals surface area contributed by atoms with Crippen LogP contribution in [0, 0.1) is 0 Å². The third kappa shape index (κ3) is 7.23. The molecule has 172 valence electrons. The average Bonchev–Trinajstić information content (AvgIpc) is 2.75. The van der Waals surface area contributed by atoms with Gasteiger partial charge >= 0.3 is 13.2 Å². The van der Waals surface area contributed by atoms with Crippen molar-refractivity contribution in [3.05, 3.63) is 94.4 Å². The number of alkyl halides is 4. The van der Waals surface area contributed by atoms with E-state index in [1.54, 1.807) is 42.6 Å². The Morgan fingerprint density at radius 2 is 1.70 bits per heavy atom. The summed E-state index contributed by atoms with van der Waals surface area (Å²) < 4.78 is 60.0. The number of rotatable bonds is 9. The van der Waals surface area contributed by atoms with Gasteiger partial charge in [0.1, 0.15) is 11.5 Å². The number of carbonyl (C=O) groups is 1. The Kier molecular flexibility index (Phi) is 7.85. The van der Waals surface area contributed by atoms with E-state index in [1.165, 1.54) is 22.8 Å². The predicted molar refractivity (Wildman–Crippen MR) is 114 cm³/mol. The molecular formula is C23H18F4N2O4. The second kappa shape index (κ2) is 11.0. The fourth-order valence-corrected chi connectivity index (χ4v) is 2.86. The molecule has 2 aromatic carbocycles. The maximum Gasteiger partial charge on any atom is 0.387 e. The minimum absolute atomic E-state index is 0.0655. The summed E-state index contributed by atoms with van der Waals surface area (Å²) in [5.74, 6) is -1.34. The first kappa shape index (κ1) is 23.6. The number of pyridine rings is 1. The summed E-state index contributed by atoms with van der Waals surface area (Å²) in [5.41, 5.74) is 1.25. The van der Waals surface area contributed by atoms with E-state index in [0.717, 1.165) is 23.8 Å². The van der Waals surface area contributed by atoms with Crippen molar-refractivity contribution in [1.82, 2.24) is 4.57 Å². The Bertz CT molecular complexity index is 1180. The Hall–Kier alpha value is -4.08. The first-order valence-electron chi connectivity index (χ1n) is 9.57. The quantitative estimate of drug-likeness (QED) is 0.368. The number of aromatic nitrogens is 1. The SMILES string of the molecule is O=C(C=Cc1ccc(OC(F)F)cc1OC(F)F)Nc1ccc(Cn2ccccc2=O)cc1. The number of nitrogens with zero attached hydrogens (tertiary/aromatic N) is 1. The number of hydrogen-bond acceptors (Lipinski definition) is 4. The molecule has 3 aromatic rings. The van der Waals surface area contributed by atoms with Gasteiger partial charge < -0.3 is 19.4 Å². The summed E-state index contributed by atoms with van der Waals surface area (Å²) in [7, 11) is 0. The van der Waals surface area contributed by atoms with Gasteiger partial charge in [-0.05, 0) is 42.0 Å². The molecule has 33 heavy (non-hydrogen) atoms. The summed E-state index contributed by atoms with van der Waals surface area (Å²) in [6.07, 6.45) is 3.95. The van der Waals surface area contributed by atoms with Gasteiger partial charge in [0.25, 0.3) is 5.56 Å². The van der Waals surface area contributed by atoms with Crippen LogP contribution in [0.15, 0.2) is 77.7 Å². The van der Waals surface area contributed by atoms with Crippen LogP contribution in [-0.2, 0) is 11.3 Å². The first-order valence-corrected chi connectivity index (χ1v) is 9.57. The number of anilines is 1. The molecular weight excluding hydrogens is 444 g/mol. The van der Waals surface area contributed by atoms with E-state index in [2.05, 4.69) is 14.8 Å². The van der Waals surface area contributed by atoms with Gasteiger partial charge in [-0.25, -0.2) is 0 Å². The van der Waals surface area contributed by atoms with Crippen molar-refractivity contribution in [3.63, 3.8) is 0 Å². The lowest BCUT2D eigenvalue weighted by molar-refractivity contribution is -0.111. The third-order valence-electron chi connectivity index (χ3n) is 4.31. The van der Waals surface area contributed by atoms with E-state index in [9.17, 15) is 27.2 Å². The molecule has 0 aliphatic rings.